The summed E-state index contributed by atoms with van der Waals surface area (Å²) in [6, 6.07) is 13.2. The molecule has 3 rings (SSSR count). The minimum absolute atomic E-state index is 0.421. The van der Waals surface area contributed by atoms with E-state index in [1.54, 1.807) is 6.20 Å². The third-order valence-electron chi connectivity index (χ3n) is 3.20. The second-order valence-electron chi connectivity index (χ2n) is 4.77. The largest absolute Gasteiger partial charge is 0.393 e. The first-order valence-corrected chi connectivity index (χ1v) is 7.37. The summed E-state index contributed by atoms with van der Waals surface area (Å²) >= 11 is 6.14. The quantitative estimate of drug-likeness (QED) is 0.665. The van der Waals surface area contributed by atoms with Crippen LogP contribution in [-0.4, -0.2) is 15.0 Å². The van der Waals surface area contributed by atoms with E-state index in [1.165, 1.54) is 6.33 Å². The number of pyridine rings is 1. The molecule has 4 N–H and O–H groups in total. The Labute approximate surface area is 138 Å². The first-order chi connectivity index (χ1) is 11.2. The Kier molecular flexibility index (Phi) is 4.54. The Bertz CT molecular complexity index is 794. The van der Waals surface area contributed by atoms with Gasteiger partial charge in [0.1, 0.15) is 17.8 Å². The van der Waals surface area contributed by atoms with Gasteiger partial charge in [0.15, 0.2) is 11.6 Å². The second kappa shape index (κ2) is 6.93. The molecule has 2 heterocycles. The van der Waals surface area contributed by atoms with Gasteiger partial charge < -0.3 is 16.4 Å². The lowest BCUT2D eigenvalue weighted by Crippen LogP contribution is -2.08. The van der Waals surface area contributed by atoms with Gasteiger partial charge in [-0.05, 0) is 23.8 Å². The minimum Gasteiger partial charge on any atom is -0.393 e. The highest BCUT2D eigenvalue weighted by Gasteiger charge is 2.09. The van der Waals surface area contributed by atoms with Crippen LogP contribution < -0.4 is 16.4 Å². The normalized spacial score (nSPS) is 10.3. The van der Waals surface area contributed by atoms with Crippen molar-refractivity contribution in [1.29, 1.82) is 0 Å². The molecule has 23 heavy (non-hydrogen) atoms. The van der Waals surface area contributed by atoms with E-state index in [1.807, 2.05) is 42.5 Å². The molecule has 0 amide bonds. The van der Waals surface area contributed by atoms with Crippen LogP contribution in [0.1, 0.15) is 5.56 Å². The molecule has 0 spiro atoms. The summed E-state index contributed by atoms with van der Waals surface area (Å²) < 4.78 is 0. The number of aromatic nitrogens is 3. The lowest BCUT2D eigenvalue weighted by atomic mass is 10.2. The zero-order valence-corrected chi connectivity index (χ0v) is 13.0. The third kappa shape index (κ3) is 3.67. The molecule has 1 aromatic carbocycles. The van der Waals surface area contributed by atoms with E-state index >= 15 is 0 Å². The molecule has 0 aliphatic carbocycles. The zero-order chi connectivity index (χ0) is 16.1. The summed E-state index contributed by atoms with van der Waals surface area (Å²) in [6.45, 7) is 0.518. The summed E-state index contributed by atoms with van der Waals surface area (Å²) in [7, 11) is 0. The van der Waals surface area contributed by atoms with E-state index in [0.717, 1.165) is 5.56 Å². The molecule has 0 aliphatic heterocycles. The number of nitrogen functional groups attached to an aromatic ring is 1. The average molecular weight is 327 g/mol. The van der Waals surface area contributed by atoms with Crippen molar-refractivity contribution in [2.24, 2.45) is 0 Å². The van der Waals surface area contributed by atoms with Crippen LogP contribution in [0.4, 0.5) is 23.1 Å². The maximum Gasteiger partial charge on any atom is 0.160 e. The monoisotopic (exact) mass is 326 g/mol. The van der Waals surface area contributed by atoms with Crippen molar-refractivity contribution < 1.29 is 0 Å². The molecule has 7 heteroatoms. The van der Waals surface area contributed by atoms with Gasteiger partial charge in [0, 0.05) is 17.8 Å². The molecule has 0 saturated heterocycles. The first-order valence-electron chi connectivity index (χ1n) is 7.00. The van der Waals surface area contributed by atoms with E-state index < -0.39 is 0 Å². The molecule has 116 valence electrons. The molecule has 3 aromatic rings. The van der Waals surface area contributed by atoms with Crippen LogP contribution in [0.5, 0.6) is 0 Å². The van der Waals surface area contributed by atoms with E-state index in [4.69, 9.17) is 17.3 Å². The zero-order valence-electron chi connectivity index (χ0n) is 12.2. The standard InChI is InChI=1S/C16H15ClN6/c17-12-6-2-1-5-11(12)9-20-15-14(18)16(22-10-21-15)23-13-7-3-4-8-19-13/h1-8,10H,9,18H2,(H2,19,20,21,22,23). The van der Waals surface area contributed by atoms with E-state index in [9.17, 15) is 0 Å². The summed E-state index contributed by atoms with van der Waals surface area (Å²) in [5.41, 5.74) is 7.51. The van der Waals surface area contributed by atoms with Crippen LogP contribution in [0, 0.1) is 0 Å². The van der Waals surface area contributed by atoms with Gasteiger partial charge in [-0.15, -0.1) is 0 Å². The van der Waals surface area contributed by atoms with Crippen molar-refractivity contribution >= 4 is 34.7 Å². The van der Waals surface area contributed by atoms with Crippen LogP contribution in [0.15, 0.2) is 55.0 Å². The van der Waals surface area contributed by atoms with Crippen molar-refractivity contribution in [2.45, 2.75) is 6.54 Å². The molecule has 0 unspecified atom stereocenters. The van der Waals surface area contributed by atoms with E-state index in [0.29, 0.717) is 34.7 Å². The predicted molar refractivity (Wildman–Crippen MR) is 92.7 cm³/mol. The van der Waals surface area contributed by atoms with Crippen molar-refractivity contribution in [1.82, 2.24) is 15.0 Å². The smallest absolute Gasteiger partial charge is 0.160 e. The SMILES string of the molecule is Nc1c(NCc2ccccc2Cl)ncnc1Nc1ccccn1. The van der Waals surface area contributed by atoms with Crippen LogP contribution >= 0.6 is 11.6 Å². The van der Waals surface area contributed by atoms with Gasteiger partial charge in [0.25, 0.3) is 0 Å². The maximum atomic E-state index is 6.14. The Balaban J connectivity index is 1.76. The first kappa shape index (κ1) is 15.1. The second-order valence-corrected chi connectivity index (χ2v) is 5.18. The fourth-order valence-electron chi connectivity index (χ4n) is 2.01. The lowest BCUT2D eigenvalue weighted by molar-refractivity contribution is 1.08. The number of halogens is 1. The Morgan fingerprint density at radius 3 is 2.52 bits per heavy atom. The molecule has 6 nitrogen and oxygen atoms in total. The van der Waals surface area contributed by atoms with Crippen LogP contribution in [0.3, 0.4) is 0 Å². The van der Waals surface area contributed by atoms with Gasteiger partial charge in [0.05, 0.1) is 0 Å². The van der Waals surface area contributed by atoms with Crippen molar-refractivity contribution in [3.8, 4) is 0 Å². The van der Waals surface area contributed by atoms with Crippen LogP contribution in [0.2, 0.25) is 5.02 Å². The molecule has 2 aromatic heterocycles. The molecule has 0 bridgehead atoms. The highest BCUT2D eigenvalue weighted by atomic mass is 35.5. The summed E-state index contributed by atoms with van der Waals surface area (Å²) in [4.78, 5) is 12.5. The van der Waals surface area contributed by atoms with Crippen LogP contribution in [-0.2, 0) is 6.54 Å². The van der Waals surface area contributed by atoms with Crippen LogP contribution in [0.25, 0.3) is 0 Å². The van der Waals surface area contributed by atoms with Gasteiger partial charge in [-0.2, -0.15) is 0 Å². The molecule has 0 radical (unpaired) electrons. The summed E-state index contributed by atoms with van der Waals surface area (Å²) in [6.07, 6.45) is 3.13. The molecular formula is C16H15ClN6. The van der Waals surface area contributed by atoms with Gasteiger partial charge in [-0.3, -0.25) is 0 Å². The topological polar surface area (TPSA) is 88.8 Å². The number of hydrogen-bond donors (Lipinski definition) is 3. The Hall–Kier alpha value is -2.86. The average Bonchev–Trinajstić information content (AvgIpc) is 2.58. The van der Waals surface area contributed by atoms with E-state index in [2.05, 4.69) is 25.6 Å². The lowest BCUT2D eigenvalue weighted by Gasteiger charge is -2.12. The number of nitrogens with zero attached hydrogens (tertiary/aromatic N) is 3. The van der Waals surface area contributed by atoms with Crippen molar-refractivity contribution in [3.63, 3.8) is 0 Å². The highest BCUT2D eigenvalue weighted by molar-refractivity contribution is 6.31. The predicted octanol–water partition coefficient (Wildman–Crippen LogP) is 3.46. The Morgan fingerprint density at radius 1 is 0.957 bits per heavy atom. The van der Waals surface area contributed by atoms with Gasteiger partial charge in [0.2, 0.25) is 0 Å². The van der Waals surface area contributed by atoms with E-state index in [-0.39, 0.29) is 0 Å². The van der Waals surface area contributed by atoms with Gasteiger partial charge in [-0.1, -0.05) is 35.9 Å². The van der Waals surface area contributed by atoms with Crippen molar-refractivity contribution in [2.75, 3.05) is 16.4 Å². The molecule has 0 saturated carbocycles. The Morgan fingerprint density at radius 2 is 1.74 bits per heavy atom. The number of nitrogens with one attached hydrogen (secondary N) is 2. The fourth-order valence-corrected chi connectivity index (χ4v) is 2.22. The third-order valence-corrected chi connectivity index (χ3v) is 3.57. The number of hydrogen-bond acceptors (Lipinski definition) is 6. The fraction of sp³-hybridized carbons (Fsp3) is 0.0625. The number of benzene rings is 1. The molecule has 0 aliphatic rings. The molecule has 0 fully saturated rings. The number of rotatable bonds is 5. The molecule has 0 atom stereocenters. The van der Waals surface area contributed by atoms with Gasteiger partial charge in [-0.25, -0.2) is 15.0 Å². The number of nitrogens with two attached hydrogens (primary N) is 1. The van der Waals surface area contributed by atoms with Gasteiger partial charge >= 0.3 is 0 Å². The maximum absolute atomic E-state index is 6.14. The molecular weight excluding hydrogens is 312 g/mol. The highest BCUT2D eigenvalue weighted by Crippen LogP contribution is 2.26. The van der Waals surface area contributed by atoms with Crippen molar-refractivity contribution in [3.05, 3.63) is 65.6 Å². The minimum atomic E-state index is 0.421. The summed E-state index contributed by atoms with van der Waals surface area (Å²) in [5, 5.41) is 6.94. The summed E-state index contributed by atoms with van der Waals surface area (Å²) in [5.74, 6) is 1.70. The number of anilines is 4.